The summed E-state index contributed by atoms with van der Waals surface area (Å²) in [6, 6.07) is 39.0. The Hall–Kier alpha value is -3.58. The van der Waals surface area contributed by atoms with Crippen LogP contribution in [0.5, 0.6) is 0 Å². The lowest BCUT2D eigenvalue weighted by Crippen LogP contribution is -2.10. The zero-order valence-electron chi connectivity index (χ0n) is 15.8. The predicted octanol–water partition coefficient (Wildman–Crippen LogP) is 7.43. The van der Waals surface area contributed by atoms with Gasteiger partial charge in [-0.1, -0.05) is 84.9 Å². The number of hydrogen-bond donors (Lipinski definition) is 0. The molecule has 134 valence electrons. The maximum Gasteiger partial charge on any atom is 0.0494 e. The Bertz CT molecular complexity index is 1270. The fourth-order valence-electron chi connectivity index (χ4n) is 3.88. The molecule has 0 fully saturated rings. The van der Waals surface area contributed by atoms with E-state index in [9.17, 15) is 0 Å². The SMILES string of the molecule is CN(c1ccc2ccccc2c1)c1cc2ccccc2cc1-c1ccccc1. The molecular formula is C27H21N. The maximum absolute atomic E-state index is 2.30. The second kappa shape index (κ2) is 6.86. The smallest absolute Gasteiger partial charge is 0.0494 e. The molecule has 0 saturated carbocycles. The molecular weight excluding hydrogens is 338 g/mol. The molecule has 0 aliphatic carbocycles. The van der Waals surface area contributed by atoms with Gasteiger partial charge in [-0.3, -0.25) is 0 Å². The van der Waals surface area contributed by atoms with E-state index < -0.39 is 0 Å². The van der Waals surface area contributed by atoms with Crippen LogP contribution < -0.4 is 4.90 Å². The van der Waals surface area contributed by atoms with Crippen molar-refractivity contribution in [2.24, 2.45) is 0 Å². The van der Waals surface area contributed by atoms with Crippen molar-refractivity contribution in [3.8, 4) is 11.1 Å². The van der Waals surface area contributed by atoms with Crippen molar-refractivity contribution in [3.63, 3.8) is 0 Å². The normalized spacial score (nSPS) is 11.0. The van der Waals surface area contributed by atoms with E-state index in [1.165, 1.54) is 44.0 Å². The summed E-state index contributed by atoms with van der Waals surface area (Å²) >= 11 is 0. The van der Waals surface area contributed by atoms with Gasteiger partial charge in [0.25, 0.3) is 0 Å². The van der Waals surface area contributed by atoms with Crippen LogP contribution in [0.15, 0.2) is 109 Å². The van der Waals surface area contributed by atoms with E-state index >= 15 is 0 Å². The fraction of sp³-hybridized carbons (Fsp3) is 0.0370. The van der Waals surface area contributed by atoms with Crippen LogP contribution in [0.1, 0.15) is 0 Å². The second-order valence-electron chi connectivity index (χ2n) is 7.17. The highest BCUT2D eigenvalue weighted by atomic mass is 15.1. The lowest BCUT2D eigenvalue weighted by molar-refractivity contribution is 1.22. The highest BCUT2D eigenvalue weighted by molar-refractivity contribution is 5.96. The molecule has 28 heavy (non-hydrogen) atoms. The van der Waals surface area contributed by atoms with Gasteiger partial charge in [-0.15, -0.1) is 0 Å². The minimum atomic E-state index is 1.19. The average molecular weight is 359 g/mol. The van der Waals surface area contributed by atoms with Crippen LogP contribution >= 0.6 is 0 Å². The van der Waals surface area contributed by atoms with Crippen molar-refractivity contribution >= 4 is 32.9 Å². The first-order chi connectivity index (χ1) is 13.8. The standard InChI is InChI=1S/C27H21N/c1-28(25-16-15-20-9-5-6-12-22(20)17-25)27-19-24-14-8-7-13-23(24)18-26(27)21-10-3-2-4-11-21/h2-19H,1H3. The van der Waals surface area contributed by atoms with Crippen molar-refractivity contribution < 1.29 is 0 Å². The van der Waals surface area contributed by atoms with E-state index in [1.54, 1.807) is 0 Å². The minimum absolute atomic E-state index is 1.19. The molecule has 0 aliphatic heterocycles. The summed E-state index contributed by atoms with van der Waals surface area (Å²) in [5, 5.41) is 5.04. The number of rotatable bonds is 3. The van der Waals surface area contributed by atoms with Gasteiger partial charge in [-0.25, -0.2) is 0 Å². The lowest BCUT2D eigenvalue weighted by Gasteiger charge is -2.24. The summed E-state index contributed by atoms with van der Waals surface area (Å²) in [7, 11) is 2.15. The van der Waals surface area contributed by atoms with Gasteiger partial charge in [0.2, 0.25) is 0 Å². The Morgan fingerprint density at radius 2 is 1.07 bits per heavy atom. The average Bonchev–Trinajstić information content (AvgIpc) is 2.78. The minimum Gasteiger partial charge on any atom is -0.344 e. The second-order valence-corrected chi connectivity index (χ2v) is 7.17. The molecule has 5 aromatic rings. The largest absolute Gasteiger partial charge is 0.344 e. The Morgan fingerprint density at radius 3 is 1.79 bits per heavy atom. The molecule has 0 atom stereocenters. The van der Waals surface area contributed by atoms with Crippen molar-refractivity contribution in [2.45, 2.75) is 0 Å². The van der Waals surface area contributed by atoms with Gasteiger partial charge in [-0.2, -0.15) is 0 Å². The predicted molar refractivity (Wildman–Crippen MR) is 121 cm³/mol. The molecule has 0 heterocycles. The topological polar surface area (TPSA) is 3.24 Å². The fourth-order valence-corrected chi connectivity index (χ4v) is 3.88. The van der Waals surface area contributed by atoms with Crippen LogP contribution in [0.25, 0.3) is 32.7 Å². The molecule has 0 aliphatic rings. The van der Waals surface area contributed by atoms with Gasteiger partial charge in [0, 0.05) is 24.0 Å². The third kappa shape index (κ3) is 2.91. The third-order valence-electron chi connectivity index (χ3n) is 5.43. The van der Waals surface area contributed by atoms with Crippen LogP contribution in [0, 0.1) is 0 Å². The quantitative estimate of drug-likeness (QED) is 0.324. The van der Waals surface area contributed by atoms with E-state index in [4.69, 9.17) is 0 Å². The van der Waals surface area contributed by atoms with E-state index in [-0.39, 0.29) is 0 Å². The molecule has 1 heteroatoms. The van der Waals surface area contributed by atoms with E-state index in [2.05, 4.69) is 121 Å². The first-order valence-corrected chi connectivity index (χ1v) is 9.60. The molecule has 1 nitrogen and oxygen atoms in total. The Morgan fingerprint density at radius 1 is 0.500 bits per heavy atom. The number of anilines is 2. The van der Waals surface area contributed by atoms with Crippen molar-refractivity contribution in [1.82, 2.24) is 0 Å². The van der Waals surface area contributed by atoms with Crippen molar-refractivity contribution in [2.75, 3.05) is 11.9 Å². The summed E-state index contributed by atoms with van der Waals surface area (Å²) in [5.74, 6) is 0. The monoisotopic (exact) mass is 359 g/mol. The van der Waals surface area contributed by atoms with Gasteiger partial charge in [0.1, 0.15) is 0 Å². The van der Waals surface area contributed by atoms with Crippen LogP contribution in [0.3, 0.4) is 0 Å². The van der Waals surface area contributed by atoms with Gasteiger partial charge in [-0.05, 0) is 51.4 Å². The first kappa shape index (κ1) is 16.6. The summed E-state index contributed by atoms with van der Waals surface area (Å²) in [5.41, 5.74) is 4.87. The van der Waals surface area contributed by atoms with Crippen molar-refractivity contribution in [1.29, 1.82) is 0 Å². The highest BCUT2D eigenvalue weighted by Crippen LogP contribution is 2.38. The summed E-state index contributed by atoms with van der Waals surface area (Å²) in [6.45, 7) is 0. The number of fused-ring (bicyclic) bond motifs is 2. The van der Waals surface area contributed by atoms with Gasteiger partial charge in [0.05, 0.1) is 0 Å². The van der Waals surface area contributed by atoms with Crippen molar-refractivity contribution in [3.05, 3.63) is 109 Å². The Balaban J connectivity index is 1.71. The number of hydrogen-bond acceptors (Lipinski definition) is 1. The summed E-state index contributed by atoms with van der Waals surface area (Å²) in [6.07, 6.45) is 0. The lowest BCUT2D eigenvalue weighted by atomic mass is 9.98. The molecule has 5 aromatic carbocycles. The zero-order chi connectivity index (χ0) is 18.9. The van der Waals surface area contributed by atoms with E-state index in [0.29, 0.717) is 0 Å². The number of nitrogens with zero attached hydrogens (tertiary/aromatic N) is 1. The summed E-state index contributed by atoms with van der Waals surface area (Å²) < 4.78 is 0. The van der Waals surface area contributed by atoms with Crippen LogP contribution in [-0.4, -0.2) is 7.05 Å². The van der Waals surface area contributed by atoms with Crippen LogP contribution in [-0.2, 0) is 0 Å². The molecule has 0 bridgehead atoms. The van der Waals surface area contributed by atoms with E-state index in [0.717, 1.165) is 0 Å². The Labute approximate surface area is 165 Å². The molecule has 0 spiro atoms. The Kier molecular flexibility index (Phi) is 4.06. The molecule has 0 radical (unpaired) electrons. The highest BCUT2D eigenvalue weighted by Gasteiger charge is 2.13. The van der Waals surface area contributed by atoms with Gasteiger partial charge >= 0.3 is 0 Å². The molecule has 5 rings (SSSR count). The molecule has 0 aromatic heterocycles. The van der Waals surface area contributed by atoms with Gasteiger partial charge in [0.15, 0.2) is 0 Å². The molecule has 0 unspecified atom stereocenters. The molecule has 0 amide bonds. The van der Waals surface area contributed by atoms with E-state index in [1.807, 2.05) is 0 Å². The third-order valence-corrected chi connectivity index (χ3v) is 5.43. The van der Waals surface area contributed by atoms with Crippen LogP contribution in [0.4, 0.5) is 11.4 Å². The molecule has 0 N–H and O–H groups in total. The maximum atomic E-state index is 2.30. The zero-order valence-corrected chi connectivity index (χ0v) is 15.8. The molecule has 0 saturated heterocycles. The van der Waals surface area contributed by atoms with Crippen LogP contribution in [0.2, 0.25) is 0 Å². The first-order valence-electron chi connectivity index (χ1n) is 9.60. The van der Waals surface area contributed by atoms with Gasteiger partial charge < -0.3 is 4.90 Å². The number of benzene rings is 5. The summed E-state index contributed by atoms with van der Waals surface area (Å²) in [4.78, 5) is 2.29.